The summed E-state index contributed by atoms with van der Waals surface area (Å²) in [5.41, 5.74) is 6.65. The molecule has 0 heterocycles. The number of amides is 1. The van der Waals surface area contributed by atoms with Gasteiger partial charge in [-0.25, -0.2) is 13.1 Å². The summed E-state index contributed by atoms with van der Waals surface area (Å²) in [5, 5.41) is 2.96. The van der Waals surface area contributed by atoms with Crippen molar-refractivity contribution in [2.75, 3.05) is 12.3 Å². The van der Waals surface area contributed by atoms with Crippen LogP contribution in [0.25, 0.3) is 0 Å². The summed E-state index contributed by atoms with van der Waals surface area (Å²) in [6, 6.07) is 2.70. The minimum Gasteiger partial charge on any atom is -0.398 e. The number of halogens is 1. The quantitative estimate of drug-likeness (QED) is 0.685. The van der Waals surface area contributed by atoms with Gasteiger partial charge >= 0.3 is 0 Å². The smallest absolute Gasteiger partial charge is 0.240 e. The Hall–Kier alpha value is -1.31. The molecular formula is C13H20ClN3O3S. The average Bonchev–Trinajstić information content (AvgIpc) is 2.34. The molecule has 0 aliphatic heterocycles. The summed E-state index contributed by atoms with van der Waals surface area (Å²) in [6.45, 7) is 5.38. The van der Waals surface area contributed by atoms with Gasteiger partial charge in [-0.2, -0.15) is 0 Å². The molecule has 0 bridgehead atoms. The Kier molecular flexibility index (Phi) is 6.00. The van der Waals surface area contributed by atoms with E-state index in [1.54, 1.807) is 6.92 Å². The Balaban J connectivity index is 2.72. The molecule has 0 spiro atoms. The number of anilines is 1. The Labute approximate surface area is 130 Å². The Morgan fingerprint density at radius 3 is 2.52 bits per heavy atom. The fourth-order valence-electron chi connectivity index (χ4n) is 1.61. The molecule has 1 amide bonds. The van der Waals surface area contributed by atoms with E-state index >= 15 is 0 Å². The lowest BCUT2D eigenvalue weighted by Gasteiger charge is -2.11. The van der Waals surface area contributed by atoms with Gasteiger partial charge in [0, 0.05) is 29.7 Å². The maximum atomic E-state index is 12.1. The predicted octanol–water partition coefficient (Wildman–Crippen LogP) is 1.42. The second-order valence-corrected chi connectivity index (χ2v) is 7.16. The topological polar surface area (TPSA) is 101 Å². The van der Waals surface area contributed by atoms with Gasteiger partial charge in [-0.3, -0.25) is 4.79 Å². The second kappa shape index (κ2) is 7.11. The minimum absolute atomic E-state index is 0.00624. The number of nitrogens with one attached hydrogen (secondary N) is 2. The zero-order valence-electron chi connectivity index (χ0n) is 12.2. The van der Waals surface area contributed by atoms with E-state index in [0.29, 0.717) is 11.3 Å². The maximum absolute atomic E-state index is 12.1. The number of benzene rings is 1. The Bertz CT molecular complexity index is 607. The summed E-state index contributed by atoms with van der Waals surface area (Å²) >= 11 is 5.93. The summed E-state index contributed by atoms with van der Waals surface area (Å²) in [6.07, 6.45) is 0.0620. The summed E-state index contributed by atoms with van der Waals surface area (Å²) in [4.78, 5) is 11.4. The molecular weight excluding hydrogens is 314 g/mol. The maximum Gasteiger partial charge on any atom is 0.240 e. The molecule has 0 aliphatic rings. The number of hydrogen-bond acceptors (Lipinski definition) is 4. The van der Waals surface area contributed by atoms with E-state index in [4.69, 9.17) is 17.3 Å². The summed E-state index contributed by atoms with van der Waals surface area (Å²) in [5.74, 6) is -0.214. The van der Waals surface area contributed by atoms with Crippen molar-refractivity contribution in [2.45, 2.75) is 38.1 Å². The molecule has 0 radical (unpaired) electrons. The van der Waals surface area contributed by atoms with Crippen LogP contribution in [0.15, 0.2) is 17.0 Å². The van der Waals surface area contributed by atoms with Crippen molar-refractivity contribution in [3.63, 3.8) is 0 Å². The first-order valence-electron chi connectivity index (χ1n) is 6.48. The van der Waals surface area contributed by atoms with E-state index in [0.717, 1.165) is 0 Å². The van der Waals surface area contributed by atoms with Gasteiger partial charge in [0.15, 0.2) is 0 Å². The fraction of sp³-hybridized carbons (Fsp3) is 0.462. The molecule has 1 rings (SSSR count). The van der Waals surface area contributed by atoms with Gasteiger partial charge in [0.1, 0.15) is 0 Å². The second-order valence-electron chi connectivity index (χ2n) is 4.99. The number of sulfonamides is 1. The van der Waals surface area contributed by atoms with Crippen LogP contribution in [-0.4, -0.2) is 26.9 Å². The highest BCUT2D eigenvalue weighted by atomic mass is 35.5. The van der Waals surface area contributed by atoms with Crippen molar-refractivity contribution < 1.29 is 13.2 Å². The summed E-state index contributed by atoms with van der Waals surface area (Å²) in [7, 11) is -3.74. The molecule has 4 N–H and O–H groups in total. The number of nitrogens with two attached hydrogens (primary N) is 1. The van der Waals surface area contributed by atoms with Crippen LogP contribution in [0, 0.1) is 6.92 Å². The van der Waals surface area contributed by atoms with Crippen molar-refractivity contribution >= 4 is 33.2 Å². The SMILES string of the molecule is Cc1c(N)cc(S(=O)(=O)NCCC(=O)NC(C)C)cc1Cl. The average molecular weight is 334 g/mol. The highest BCUT2D eigenvalue weighted by Crippen LogP contribution is 2.25. The van der Waals surface area contributed by atoms with E-state index in [1.807, 2.05) is 13.8 Å². The monoisotopic (exact) mass is 333 g/mol. The lowest BCUT2D eigenvalue weighted by Crippen LogP contribution is -2.34. The molecule has 118 valence electrons. The number of hydrogen-bond donors (Lipinski definition) is 3. The van der Waals surface area contributed by atoms with Crippen LogP contribution in [-0.2, 0) is 14.8 Å². The molecule has 0 saturated carbocycles. The lowest BCUT2D eigenvalue weighted by atomic mass is 10.2. The first-order chi connectivity index (χ1) is 9.63. The zero-order valence-corrected chi connectivity index (χ0v) is 13.8. The first kappa shape index (κ1) is 17.7. The highest BCUT2D eigenvalue weighted by molar-refractivity contribution is 7.89. The standard InChI is InChI=1S/C13H20ClN3O3S/c1-8(2)17-13(18)4-5-16-21(19,20)10-6-11(14)9(3)12(15)7-10/h6-8,16H,4-5,15H2,1-3H3,(H,17,18). The van der Waals surface area contributed by atoms with Crippen LogP contribution in [0.3, 0.4) is 0 Å². The molecule has 1 aromatic carbocycles. The van der Waals surface area contributed by atoms with E-state index in [1.165, 1.54) is 12.1 Å². The number of carbonyl (C=O) groups excluding carboxylic acids is 1. The molecule has 6 nitrogen and oxygen atoms in total. The third-order valence-corrected chi connectivity index (χ3v) is 4.60. The van der Waals surface area contributed by atoms with Gasteiger partial charge in [-0.1, -0.05) is 11.6 Å². The van der Waals surface area contributed by atoms with Crippen molar-refractivity contribution in [1.29, 1.82) is 0 Å². The molecule has 8 heteroatoms. The molecule has 0 aliphatic carbocycles. The zero-order chi connectivity index (χ0) is 16.2. The van der Waals surface area contributed by atoms with Crippen LogP contribution >= 0.6 is 11.6 Å². The van der Waals surface area contributed by atoms with Crippen molar-refractivity contribution in [2.24, 2.45) is 0 Å². The highest BCUT2D eigenvalue weighted by Gasteiger charge is 2.17. The number of carbonyl (C=O) groups is 1. The van der Waals surface area contributed by atoms with E-state index in [-0.39, 0.29) is 34.8 Å². The molecule has 0 fully saturated rings. The van der Waals surface area contributed by atoms with Crippen LogP contribution in [0.1, 0.15) is 25.8 Å². The molecule has 0 atom stereocenters. The lowest BCUT2D eigenvalue weighted by molar-refractivity contribution is -0.121. The minimum atomic E-state index is -3.74. The largest absolute Gasteiger partial charge is 0.398 e. The van der Waals surface area contributed by atoms with Crippen LogP contribution < -0.4 is 15.8 Å². The Morgan fingerprint density at radius 1 is 1.38 bits per heavy atom. The van der Waals surface area contributed by atoms with Gasteiger partial charge in [-0.05, 0) is 38.5 Å². The first-order valence-corrected chi connectivity index (χ1v) is 8.34. The molecule has 0 saturated heterocycles. The van der Waals surface area contributed by atoms with Crippen LogP contribution in [0.5, 0.6) is 0 Å². The number of nitrogen functional groups attached to an aromatic ring is 1. The predicted molar refractivity (Wildman–Crippen MR) is 83.7 cm³/mol. The number of rotatable bonds is 6. The van der Waals surface area contributed by atoms with Crippen molar-refractivity contribution in [3.8, 4) is 0 Å². The van der Waals surface area contributed by atoms with E-state index in [9.17, 15) is 13.2 Å². The van der Waals surface area contributed by atoms with Crippen LogP contribution in [0.2, 0.25) is 5.02 Å². The third kappa shape index (κ3) is 5.18. The van der Waals surface area contributed by atoms with Crippen LogP contribution in [0.4, 0.5) is 5.69 Å². The van der Waals surface area contributed by atoms with Gasteiger partial charge in [0.05, 0.1) is 4.90 Å². The van der Waals surface area contributed by atoms with Gasteiger partial charge in [0.25, 0.3) is 0 Å². The van der Waals surface area contributed by atoms with Gasteiger partial charge < -0.3 is 11.1 Å². The van der Waals surface area contributed by atoms with Gasteiger partial charge in [0.2, 0.25) is 15.9 Å². The van der Waals surface area contributed by atoms with E-state index in [2.05, 4.69) is 10.0 Å². The Morgan fingerprint density at radius 2 is 2.00 bits per heavy atom. The normalized spacial score (nSPS) is 11.7. The molecule has 1 aromatic rings. The van der Waals surface area contributed by atoms with E-state index < -0.39 is 10.0 Å². The van der Waals surface area contributed by atoms with Crippen molar-refractivity contribution in [3.05, 3.63) is 22.7 Å². The molecule has 0 aromatic heterocycles. The van der Waals surface area contributed by atoms with Crippen molar-refractivity contribution in [1.82, 2.24) is 10.0 Å². The molecule has 21 heavy (non-hydrogen) atoms. The fourth-order valence-corrected chi connectivity index (χ4v) is 2.99. The van der Waals surface area contributed by atoms with Gasteiger partial charge in [-0.15, -0.1) is 0 Å². The summed E-state index contributed by atoms with van der Waals surface area (Å²) < 4.78 is 26.5. The third-order valence-electron chi connectivity index (χ3n) is 2.76. The molecule has 0 unspecified atom stereocenters.